The predicted molar refractivity (Wildman–Crippen MR) is 139 cm³/mol. The number of amides is 1. The summed E-state index contributed by atoms with van der Waals surface area (Å²) < 4.78 is 5.69. The Morgan fingerprint density at radius 3 is 2.39 bits per heavy atom. The summed E-state index contributed by atoms with van der Waals surface area (Å²) in [5, 5.41) is 5.40. The van der Waals surface area contributed by atoms with E-state index in [0.29, 0.717) is 17.9 Å². The molecule has 4 aromatic carbocycles. The number of benzene rings is 4. The van der Waals surface area contributed by atoms with Crippen LogP contribution < -0.4 is 15.0 Å². The Morgan fingerprint density at radius 1 is 0.939 bits per heavy atom. The number of carbonyl (C=O) groups is 1. The van der Waals surface area contributed by atoms with Crippen LogP contribution in [0, 0.1) is 0 Å². The Bertz CT molecular complexity index is 1250. The third-order valence-corrected chi connectivity index (χ3v) is 6.45. The second kappa shape index (κ2) is 10.5. The number of methoxy groups -OCH3 is 1. The highest BCUT2D eigenvalue weighted by molar-refractivity contribution is 7.98. The summed E-state index contributed by atoms with van der Waals surface area (Å²) in [5.41, 5.74) is 3.66. The molecular formula is C28H28N2O2S. The Labute approximate surface area is 199 Å². The number of nitrogens with one attached hydrogen (secondary N) is 1. The molecule has 0 unspecified atom stereocenters. The van der Waals surface area contributed by atoms with Gasteiger partial charge in [-0.05, 0) is 72.0 Å². The number of hydrogen-bond donors (Lipinski definition) is 1. The minimum absolute atomic E-state index is 0.123. The van der Waals surface area contributed by atoms with Crippen LogP contribution in [0.5, 0.6) is 5.75 Å². The van der Waals surface area contributed by atoms with Crippen molar-refractivity contribution in [1.82, 2.24) is 5.32 Å². The summed E-state index contributed by atoms with van der Waals surface area (Å²) in [6, 6.07) is 28.6. The largest absolute Gasteiger partial charge is 0.495 e. The number of hydrogen-bond acceptors (Lipinski definition) is 4. The maximum Gasteiger partial charge on any atom is 0.251 e. The standard InChI is InChI=1S/C28H28N2O2S/c1-4-30(24-13-11-21-7-5-6-8-22(21)17-24)26-16-12-23(18-27(26)32-2)28(31)29-19-20-9-14-25(33-3)15-10-20/h5-18H,4,19H2,1-3H3,(H,29,31). The molecule has 33 heavy (non-hydrogen) atoms. The lowest BCUT2D eigenvalue weighted by atomic mass is 10.1. The molecule has 0 spiro atoms. The summed E-state index contributed by atoms with van der Waals surface area (Å²) in [5.74, 6) is 0.546. The zero-order valence-corrected chi connectivity index (χ0v) is 20.0. The van der Waals surface area contributed by atoms with Gasteiger partial charge in [0, 0.05) is 29.2 Å². The second-order valence-electron chi connectivity index (χ2n) is 7.69. The second-order valence-corrected chi connectivity index (χ2v) is 8.57. The molecule has 0 saturated heterocycles. The van der Waals surface area contributed by atoms with Crippen LogP contribution in [-0.4, -0.2) is 25.8 Å². The van der Waals surface area contributed by atoms with Gasteiger partial charge in [-0.15, -0.1) is 11.8 Å². The number of rotatable bonds is 8. The molecular weight excluding hydrogens is 428 g/mol. The lowest BCUT2D eigenvalue weighted by molar-refractivity contribution is 0.0950. The normalized spacial score (nSPS) is 10.8. The number of thioether (sulfide) groups is 1. The number of ether oxygens (including phenoxy) is 1. The summed E-state index contributed by atoms with van der Waals surface area (Å²) in [6.45, 7) is 3.36. The van der Waals surface area contributed by atoms with Crippen molar-refractivity contribution in [3.8, 4) is 5.75 Å². The molecule has 0 aliphatic heterocycles. The van der Waals surface area contributed by atoms with Gasteiger partial charge in [0.05, 0.1) is 12.8 Å². The van der Waals surface area contributed by atoms with Crippen molar-refractivity contribution >= 4 is 39.8 Å². The quantitative estimate of drug-likeness (QED) is 0.301. The average Bonchev–Trinajstić information content (AvgIpc) is 2.88. The van der Waals surface area contributed by atoms with Crippen LogP contribution in [0.25, 0.3) is 10.8 Å². The summed E-state index contributed by atoms with van der Waals surface area (Å²) in [7, 11) is 1.64. The van der Waals surface area contributed by atoms with E-state index < -0.39 is 0 Å². The molecule has 0 atom stereocenters. The minimum atomic E-state index is -0.123. The minimum Gasteiger partial charge on any atom is -0.495 e. The van der Waals surface area contributed by atoms with Crippen molar-refractivity contribution < 1.29 is 9.53 Å². The zero-order valence-electron chi connectivity index (χ0n) is 19.2. The van der Waals surface area contributed by atoms with E-state index in [-0.39, 0.29) is 5.91 Å². The first-order chi connectivity index (χ1) is 16.1. The summed E-state index contributed by atoms with van der Waals surface area (Å²) >= 11 is 1.70. The van der Waals surface area contributed by atoms with Gasteiger partial charge in [0.2, 0.25) is 0 Å². The highest BCUT2D eigenvalue weighted by Crippen LogP contribution is 2.35. The van der Waals surface area contributed by atoms with Crippen LogP contribution in [-0.2, 0) is 6.54 Å². The number of fused-ring (bicyclic) bond motifs is 1. The van der Waals surface area contributed by atoms with Crippen LogP contribution in [0.4, 0.5) is 11.4 Å². The van der Waals surface area contributed by atoms with E-state index in [0.717, 1.165) is 23.5 Å². The highest BCUT2D eigenvalue weighted by atomic mass is 32.2. The predicted octanol–water partition coefficient (Wildman–Crippen LogP) is 6.66. The van der Waals surface area contributed by atoms with Crippen molar-refractivity contribution in [3.63, 3.8) is 0 Å². The molecule has 0 heterocycles. The third-order valence-electron chi connectivity index (χ3n) is 5.71. The van der Waals surface area contributed by atoms with E-state index in [9.17, 15) is 4.79 Å². The van der Waals surface area contributed by atoms with Crippen molar-refractivity contribution in [2.75, 3.05) is 24.8 Å². The third kappa shape index (κ3) is 5.15. The van der Waals surface area contributed by atoms with Gasteiger partial charge in [0.15, 0.2) is 0 Å². The van der Waals surface area contributed by atoms with E-state index in [2.05, 4.69) is 59.6 Å². The van der Waals surface area contributed by atoms with Gasteiger partial charge < -0.3 is 15.0 Å². The molecule has 1 N–H and O–H groups in total. The number of carbonyl (C=O) groups excluding carboxylic acids is 1. The lowest BCUT2D eigenvalue weighted by Gasteiger charge is -2.26. The topological polar surface area (TPSA) is 41.6 Å². The van der Waals surface area contributed by atoms with Gasteiger partial charge in [-0.25, -0.2) is 0 Å². The van der Waals surface area contributed by atoms with Crippen LogP contribution in [0.2, 0.25) is 0 Å². The van der Waals surface area contributed by atoms with Gasteiger partial charge >= 0.3 is 0 Å². The van der Waals surface area contributed by atoms with Crippen LogP contribution in [0.1, 0.15) is 22.8 Å². The molecule has 0 aliphatic carbocycles. The smallest absolute Gasteiger partial charge is 0.251 e. The van der Waals surface area contributed by atoms with Crippen molar-refractivity contribution in [2.24, 2.45) is 0 Å². The average molecular weight is 457 g/mol. The van der Waals surface area contributed by atoms with Crippen molar-refractivity contribution in [2.45, 2.75) is 18.4 Å². The maximum atomic E-state index is 12.8. The van der Waals surface area contributed by atoms with E-state index in [4.69, 9.17) is 4.74 Å². The van der Waals surface area contributed by atoms with Crippen molar-refractivity contribution in [3.05, 3.63) is 96.1 Å². The monoisotopic (exact) mass is 456 g/mol. The molecule has 4 nitrogen and oxygen atoms in total. The van der Waals surface area contributed by atoms with E-state index in [1.807, 2.05) is 48.7 Å². The molecule has 0 fully saturated rings. The lowest BCUT2D eigenvalue weighted by Crippen LogP contribution is -2.23. The van der Waals surface area contributed by atoms with E-state index in [1.165, 1.54) is 15.7 Å². The first kappa shape index (κ1) is 22.7. The fourth-order valence-electron chi connectivity index (χ4n) is 3.91. The van der Waals surface area contributed by atoms with E-state index >= 15 is 0 Å². The van der Waals surface area contributed by atoms with E-state index in [1.54, 1.807) is 18.9 Å². The molecule has 0 saturated carbocycles. The molecule has 0 aromatic heterocycles. The fourth-order valence-corrected chi connectivity index (χ4v) is 4.31. The maximum absolute atomic E-state index is 12.8. The Morgan fingerprint density at radius 2 is 1.70 bits per heavy atom. The van der Waals surface area contributed by atoms with Gasteiger partial charge in [0.25, 0.3) is 5.91 Å². The highest BCUT2D eigenvalue weighted by Gasteiger charge is 2.16. The molecule has 5 heteroatoms. The fraction of sp³-hybridized carbons (Fsp3) is 0.179. The first-order valence-corrected chi connectivity index (χ1v) is 12.2. The molecule has 0 aliphatic rings. The summed E-state index contributed by atoms with van der Waals surface area (Å²) in [6.07, 6.45) is 2.05. The van der Waals surface area contributed by atoms with Gasteiger partial charge in [-0.2, -0.15) is 0 Å². The Balaban J connectivity index is 1.54. The Kier molecular flexibility index (Phi) is 7.20. The van der Waals surface area contributed by atoms with Gasteiger partial charge in [0.1, 0.15) is 5.75 Å². The Hall–Kier alpha value is -3.44. The summed E-state index contributed by atoms with van der Waals surface area (Å²) in [4.78, 5) is 16.2. The molecule has 0 radical (unpaired) electrons. The zero-order chi connectivity index (χ0) is 23.2. The molecule has 168 valence electrons. The van der Waals surface area contributed by atoms with Crippen LogP contribution >= 0.6 is 11.8 Å². The van der Waals surface area contributed by atoms with Crippen LogP contribution in [0.3, 0.4) is 0 Å². The molecule has 4 rings (SSSR count). The van der Waals surface area contributed by atoms with Gasteiger partial charge in [-0.1, -0.05) is 42.5 Å². The number of anilines is 2. The molecule has 4 aromatic rings. The molecule has 1 amide bonds. The van der Waals surface area contributed by atoms with Gasteiger partial charge in [-0.3, -0.25) is 4.79 Å². The molecule has 0 bridgehead atoms. The number of nitrogens with zero attached hydrogens (tertiary/aromatic N) is 1. The SMILES string of the molecule is CCN(c1ccc2ccccc2c1)c1ccc(C(=O)NCc2ccc(SC)cc2)cc1OC. The van der Waals surface area contributed by atoms with Crippen LogP contribution in [0.15, 0.2) is 89.8 Å². The first-order valence-electron chi connectivity index (χ1n) is 11.0. The van der Waals surface area contributed by atoms with Crippen molar-refractivity contribution in [1.29, 1.82) is 0 Å².